The molecule has 0 bridgehead atoms. The summed E-state index contributed by atoms with van der Waals surface area (Å²) in [4.78, 5) is 31.0. The first-order valence-corrected chi connectivity index (χ1v) is 12.1. The van der Waals surface area contributed by atoms with Crippen LogP contribution in [-0.4, -0.2) is 29.2 Å². The van der Waals surface area contributed by atoms with E-state index in [9.17, 15) is 9.59 Å². The summed E-state index contributed by atoms with van der Waals surface area (Å²) in [6.45, 7) is 1.99. The molecule has 0 aliphatic carbocycles. The van der Waals surface area contributed by atoms with E-state index in [1.165, 1.54) is 11.8 Å². The van der Waals surface area contributed by atoms with Crippen molar-refractivity contribution < 1.29 is 18.7 Å². The second-order valence-corrected chi connectivity index (χ2v) is 8.61. The Hall–Kier alpha value is -4.04. The number of para-hydroxylation sites is 2. The van der Waals surface area contributed by atoms with Crippen LogP contribution in [0.4, 0.5) is 0 Å². The number of esters is 1. The van der Waals surface area contributed by atoms with E-state index >= 15 is 0 Å². The monoisotopic (exact) mass is 486 g/mol. The number of carbonyl (C=O) groups is 1. The normalized spacial score (nSPS) is 11.1. The van der Waals surface area contributed by atoms with Gasteiger partial charge in [-0.05, 0) is 37.3 Å². The van der Waals surface area contributed by atoms with E-state index in [0.29, 0.717) is 44.4 Å². The largest absolute Gasteiger partial charge is 0.497 e. The first-order valence-electron chi connectivity index (χ1n) is 11.1. The zero-order chi connectivity index (χ0) is 24.4. The van der Waals surface area contributed by atoms with Crippen molar-refractivity contribution in [1.82, 2.24) is 9.55 Å². The molecule has 0 saturated carbocycles. The van der Waals surface area contributed by atoms with Crippen LogP contribution < -0.4 is 10.3 Å². The lowest BCUT2D eigenvalue weighted by molar-refractivity contribution is 0.0491. The predicted molar refractivity (Wildman–Crippen MR) is 136 cm³/mol. The summed E-state index contributed by atoms with van der Waals surface area (Å²) >= 11 is 1.35. The summed E-state index contributed by atoms with van der Waals surface area (Å²) < 4.78 is 18.0. The van der Waals surface area contributed by atoms with Crippen molar-refractivity contribution in [2.45, 2.75) is 17.8 Å². The van der Waals surface area contributed by atoms with Crippen LogP contribution in [0.2, 0.25) is 0 Å². The maximum Gasteiger partial charge on any atom is 0.374 e. The fourth-order valence-corrected chi connectivity index (χ4v) is 4.97. The molecule has 35 heavy (non-hydrogen) atoms. The van der Waals surface area contributed by atoms with E-state index in [1.54, 1.807) is 30.7 Å². The fraction of sp³-hybridized carbons (Fsp3) is 0.148. The molecule has 0 amide bonds. The number of thioether (sulfide) groups is 1. The van der Waals surface area contributed by atoms with Crippen molar-refractivity contribution in [1.29, 1.82) is 0 Å². The van der Waals surface area contributed by atoms with Gasteiger partial charge in [0.15, 0.2) is 5.16 Å². The van der Waals surface area contributed by atoms with Crippen LogP contribution in [0.1, 0.15) is 23.0 Å². The lowest BCUT2D eigenvalue weighted by Crippen LogP contribution is -2.21. The van der Waals surface area contributed by atoms with E-state index in [1.807, 2.05) is 60.7 Å². The number of furan rings is 1. The van der Waals surface area contributed by atoms with Gasteiger partial charge in [-0.3, -0.25) is 9.36 Å². The molecule has 0 radical (unpaired) electrons. The molecule has 0 fully saturated rings. The van der Waals surface area contributed by atoms with Gasteiger partial charge < -0.3 is 13.9 Å². The first kappa shape index (κ1) is 22.7. The third kappa shape index (κ3) is 4.28. The molecule has 5 aromatic rings. The Bertz CT molecular complexity index is 1600. The SMILES string of the molecule is CCOC(=O)c1oc2ccccc2c1CSc1nc2ccccc2c(=O)n1-c1cccc(OC)c1. The van der Waals surface area contributed by atoms with E-state index in [2.05, 4.69) is 0 Å². The van der Waals surface area contributed by atoms with Gasteiger partial charge in [-0.1, -0.05) is 48.2 Å². The van der Waals surface area contributed by atoms with Crippen LogP contribution in [0, 0.1) is 0 Å². The number of carbonyl (C=O) groups excluding carboxylic acids is 1. The third-order valence-electron chi connectivity index (χ3n) is 5.56. The van der Waals surface area contributed by atoms with Gasteiger partial charge in [0.25, 0.3) is 5.56 Å². The lowest BCUT2D eigenvalue weighted by Gasteiger charge is -2.14. The van der Waals surface area contributed by atoms with Crippen LogP contribution in [0.25, 0.3) is 27.6 Å². The van der Waals surface area contributed by atoms with E-state index < -0.39 is 5.97 Å². The standard InChI is InChI=1S/C27H22N2O5S/c1-3-33-26(31)24-21(19-11-5-7-14-23(19)34-24)16-35-27-28-22-13-6-4-12-20(22)25(30)29(27)17-9-8-10-18(15-17)32-2/h4-15H,3,16H2,1-2H3. The summed E-state index contributed by atoms with van der Waals surface area (Å²) in [5.41, 5.74) is 2.35. The smallest absolute Gasteiger partial charge is 0.374 e. The van der Waals surface area contributed by atoms with Gasteiger partial charge in [0.1, 0.15) is 11.3 Å². The molecule has 0 spiro atoms. The highest BCUT2D eigenvalue weighted by atomic mass is 32.2. The Kier molecular flexibility index (Phi) is 6.29. The van der Waals surface area contributed by atoms with Crippen LogP contribution >= 0.6 is 11.8 Å². The highest BCUT2D eigenvalue weighted by Gasteiger charge is 2.23. The molecule has 176 valence electrons. The fourth-order valence-electron chi connectivity index (χ4n) is 3.93. The van der Waals surface area contributed by atoms with Gasteiger partial charge in [-0.2, -0.15) is 0 Å². The zero-order valence-electron chi connectivity index (χ0n) is 19.2. The molecule has 7 nitrogen and oxygen atoms in total. The van der Waals surface area contributed by atoms with Crippen LogP contribution in [-0.2, 0) is 10.5 Å². The number of ether oxygens (including phenoxy) is 2. The Labute approximate surface area is 205 Å². The number of nitrogens with zero attached hydrogens (tertiary/aromatic N) is 2. The molecule has 0 N–H and O–H groups in total. The average Bonchev–Trinajstić information content (AvgIpc) is 3.26. The highest BCUT2D eigenvalue weighted by molar-refractivity contribution is 7.98. The number of fused-ring (bicyclic) bond motifs is 2. The molecular weight excluding hydrogens is 464 g/mol. The Morgan fingerprint density at radius 1 is 1.03 bits per heavy atom. The topological polar surface area (TPSA) is 83.6 Å². The number of hydrogen-bond acceptors (Lipinski definition) is 7. The lowest BCUT2D eigenvalue weighted by atomic mass is 10.1. The van der Waals surface area contributed by atoms with Gasteiger partial charge in [0.05, 0.1) is 30.3 Å². The van der Waals surface area contributed by atoms with Crippen LogP contribution in [0.3, 0.4) is 0 Å². The summed E-state index contributed by atoms with van der Waals surface area (Å²) in [7, 11) is 1.58. The average molecular weight is 487 g/mol. The molecule has 5 rings (SSSR count). The minimum atomic E-state index is -0.518. The molecule has 2 heterocycles. The maximum absolute atomic E-state index is 13.6. The molecule has 0 saturated heterocycles. The molecule has 8 heteroatoms. The quantitative estimate of drug-likeness (QED) is 0.168. The minimum absolute atomic E-state index is 0.164. The highest BCUT2D eigenvalue weighted by Crippen LogP contribution is 2.33. The summed E-state index contributed by atoms with van der Waals surface area (Å²) in [6, 6.07) is 22.0. The van der Waals surface area contributed by atoms with Gasteiger partial charge in [0, 0.05) is 22.8 Å². The molecule has 2 aromatic heterocycles. The van der Waals surface area contributed by atoms with Gasteiger partial charge in [0.2, 0.25) is 5.76 Å². The van der Waals surface area contributed by atoms with Crippen molar-refractivity contribution in [2.75, 3.05) is 13.7 Å². The van der Waals surface area contributed by atoms with E-state index in [4.69, 9.17) is 18.9 Å². The summed E-state index contributed by atoms with van der Waals surface area (Å²) in [6.07, 6.45) is 0. The van der Waals surface area contributed by atoms with Gasteiger partial charge in [-0.25, -0.2) is 9.78 Å². The van der Waals surface area contributed by atoms with Crippen molar-refractivity contribution in [3.63, 3.8) is 0 Å². The predicted octanol–water partition coefficient (Wildman–Crippen LogP) is 5.61. The second-order valence-electron chi connectivity index (χ2n) is 7.67. The second kappa shape index (κ2) is 9.68. The molecule has 0 atom stereocenters. The van der Waals surface area contributed by atoms with Crippen molar-refractivity contribution in [2.24, 2.45) is 0 Å². The molecule has 0 unspecified atom stereocenters. The summed E-state index contributed by atoms with van der Waals surface area (Å²) in [5, 5.41) is 1.82. The van der Waals surface area contributed by atoms with Crippen molar-refractivity contribution in [3.8, 4) is 11.4 Å². The first-order chi connectivity index (χ1) is 17.1. The van der Waals surface area contributed by atoms with Gasteiger partial charge >= 0.3 is 5.97 Å². The molecular formula is C27H22N2O5S. The Morgan fingerprint density at radius 2 is 1.80 bits per heavy atom. The Balaban J connectivity index is 1.64. The van der Waals surface area contributed by atoms with Crippen LogP contribution in [0.5, 0.6) is 5.75 Å². The Morgan fingerprint density at radius 3 is 2.60 bits per heavy atom. The third-order valence-corrected chi connectivity index (χ3v) is 6.53. The van der Waals surface area contributed by atoms with Crippen LogP contribution in [0.15, 0.2) is 87.2 Å². The number of benzene rings is 3. The molecule has 0 aliphatic heterocycles. The number of aromatic nitrogens is 2. The van der Waals surface area contributed by atoms with Gasteiger partial charge in [-0.15, -0.1) is 0 Å². The maximum atomic E-state index is 13.6. The number of methoxy groups -OCH3 is 1. The number of rotatable bonds is 7. The zero-order valence-corrected chi connectivity index (χ0v) is 20.0. The number of hydrogen-bond donors (Lipinski definition) is 0. The van der Waals surface area contributed by atoms with Crippen molar-refractivity contribution >= 4 is 39.6 Å². The van der Waals surface area contributed by atoms with Crippen molar-refractivity contribution in [3.05, 3.63) is 94.5 Å². The summed E-state index contributed by atoms with van der Waals surface area (Å²) in [5.74, 6) is 0.622. The molecule has 0 aliphatic rings. The van der Waals surface area contributed by atoms with E-state index in [-0.39, 0.29) is 17.9 Å². The minimum Gasteiger partial charge on any atom is -0.497 e. The van der Waals surface area contributed by atoms with E-state index in [0.717, 1.165) is 5.39 Å². The molecule has 3 aromatic carbocycles.